The van der Waals surface area contributed by atoms with E-state index in [0.29, 0.717) is 17.0 Å². The zero-order chi connectivity index (χ0) is 15.9. The molecular weight excluding hydrogens is 280 g/mol. The second kappa shape index (κ2) is 7.26. The average molecular weight is 298 g/mol. The van der Waals surface area contributed by atoms with Crippen LogP contribution in [0.2, 0.25) is 0 Å². The lowest BCUT2D eigenvalue weighted by Gasteiger charge is -2.07. The minimum Gasteiger partial charge on any atom is -0.507 e. The van der Waals surface area contributed by atoms with Crippen LogP contribution in [0.1, 0.15) is 18.1 Å². The molecule has 0 saturated carbocycles. The molecule has 0 radical (unpaired) electrons. The third-order valence-corrected chi connectivity index (χ3v) is 3.00. The number of ether oxygens (including phenoxy) is 1. The highest BCUT2D eigenvalue weighted by Crippen LogP contribution is 2.16. The van der Waals surface area contributed by atoms with Gasteiger partial charge in [-0.1, -0.05) is 24.3 Å². The van der Waals surface area contributed by atoms with Crippen molar-refractivity contribution in [1.82, 2.24) is 5.43 Å². The summed E-state index contributed by atoms with van der Waals surface area (Å²) in [5.41, 5.74) is 4.55. The molecule has 0 spiro atoms. The summed E-state index contributed by atoms with van der Waals surface area (Å²) < 4.78 is 5.38. The number of aryl methyl sites for hydroxylation is 1. The largest absolute Gasteiger partial charge is 0.507 e. The molecule has 0 aliphatic heterocycles. The summed E-state index contributed by atoms with van der Waals surface area (Å²) in [6.07, 6.45) is 0. The van der Waals surface area contributed by atoms with E-state index in [0.717, 1.165) is 5.56 Å². The number of phenolic OH excluding ortho intramolecular Hbond substituents is 1. The van der Waals surface area contributed by atoms with E-state index in [4.69, 9.17) is 4.74 Å². The van der Waals surface area contributed by atoms with Crippen molar-refractivity contribution in [1.29, 1.82) is 0 Å². The number of hydrogen-bond acceptors (Lipinski definition) is 4. The Kier molecular flexibility index (Phi) is 5.14. The second-order valence-corrected chi connectivity index (χ2v) is 4.85. The fourth-order valence-corrected chi connectivity index (χ4v) is 1.87. The number of aromatic hydroxyl groups is 1. The van der Waals surface area contributed by atoms with E-state index >= 15 is 0 Å². The molecule has 5 nitrogen and oxygen atoms in total. The Morgan fingerprint density at radius 1 is 1.23 bits per heavy atom. The Morgan fingerprint density at radius 2 is 2.00 bits per heavy atom. The molecule has 2 aromatic rings. The van der Waals surface area contributed by atoms with Gasteiger partial charge in [-0.2, -0.15) is 5.10 Å². The minimum absolute atomic E-state index is 0.119. The minimum atomic E-state index is -0.365. The standard InChI is InChI=1S/C17H18N2O3/c1-12-6-5-7-14(10-12)22-11-17(21)19-18-13(2)15-8-3-4-9-16(15)20/h3-10,20H,11H2,1-2H3,(H,19,21)/b18-13+. The number of phenols is 1. The van der Waals surface area contributed by atoms with Gasteiger partial charge in [-0.05, 0) is 43.7 Å². The van der Waals surface area contributed by atoms with Crippen LogP contribution >= 0.6 is 0 Å². The van der Waals surface area contributed by atoms with Crippen LogP contribution in [0.5, 0.6) is 11.5 Å². The van der Waals surface area contributed by atoms with Gasteiger partial charge in [0.15, 0.2) is 6.61 Å². The van der Waals surface area contributed by atoms with Crippen molar-refractivity contribution in [3.8, 4) is 11.5 Å². The van der Waals surface area contributed by atoms with Gasteiger partial charge in [0.2, 0.25) is 0 Å². The van der Waals surface area contributed by atoms with Crippen LogP contribution in [0.25, 0.3) is 0 Å². The third-order valence-electron chi connectivity index (χ3n) is 3.00. The van der Waals surface area contributed by atoms with Crippen LogP contribution in [0.15, 0.2) is 53.6 Å². The fraction of sp³-hybridized carbons (Fsp3) is 0.176. The first kappa shape index (κ1) is 15.6. The van der Waals surface area contributed by atoms with Gasteiger partial charge in [0.05, 0.1) is 5.71 Å². The Balaban J connectivity index is 1.90. The van der Waals surface area contributed by atoms with Crippen molar-refractivity contribution in [2.75, 3.05) is 6.61 Å². The van der Waals surface area contributed by atoms with E-state index in [-0.39, 0.29) is 18.3 Å². The first-order valence-electron chi connectivity index (χ1n) is 6.87. The van der Waals surface area contributed by atoms with Gasteiger partial charge >= 0.3 is 0 Å². The smallest absolute Gasteiger partial charge is 0.277 e. The number of hydrazone groups is 1. The molecule has 2 rings (SSSR count). The van der Waals surface area contributed by atoms with E-state index in [1.807, 2.05) is 25.1 Å². The Morgan fingerprint density at radius 3 is 2.73 bits per heavy atom. The normalized spacial score (nSPS) is 11.1. The number of hydrogen-bond donors (Lipinski definition) is 2. The molecule has 2 aromatic carbocycles. The average Bonchev–Trinajstić information content (AvgIpc) is 2.51. The second-order valence-electron chi connectivity index (χ2n) is 4.85. The predicted octanol–water partition coefficient (Wildman–Crippen LogP) is 2.62. The molecule has 0 fully saturated rings. The van der Waals surface area contributed by atoms with Crippen LogP contribution in [-0.4, -0.2) is 23.3 Å². The van der Waals surface area contributed by atoms with Crippen molar-refractivity contribution in [2.45, 2.75) is 13.8 Å². The number of benzene rings is 2. The lowest BCUT2D eigenvalue weighted by atomic mass is 10.1. The number of carbonyl (C=O) groups excluding carboxylic acids is 1. The molecule has 0 aromatic heterocycles. The lowest BCUT2D eigenvalue weighted by molar-refractivity contribution is -0.123. The fourth-order valence-electron chi connectivity index (χ4n) is 1.87. The van der Waals surface area contributed by atoms with E-state index in [2.05, 4.69) is 10.5 Å². The van der Waals surface area contributed by atoms with Crippen LogP contribution in [-0.2, 0) is 4.79 Å². The first-order valence-corrected chi connectivity index (χ1v) is 6.87. The maximum Gasteiger partial charge on any atom is 0.277 e. The van der Waals surface area contributed by atoms with Crippen molar-refractivity contribution < 1.29 is 14.6 Å². The van der Waals surface area contributed by atoms with Crippen molar-refractivity contribution in [3.63, 3.8) is 0 Å². The number of nitrogens with one attached hydrogen (secondary N) is 1. The molecule has 0 atom stereocenters. The van der Waals surface area contributed by atoms with Gasteiger partial charge in [0.1, 0.15) is 11.5 Å². The van der Waals surface area contributed by atoms with E-state index < -0.39 is 0 Å². The Hall–Kier alpha value is -2.82. The zero-order valence-electron chi connectivity index (χ0n) is 12.5. The van der Waals surface area contributed by atoms with Gasteiger partial charge in [0, 0.05) is 5.56 Å². The number of rotatable bonds is 5. The maximum atomic E-state index is 11.7. The number of carbonyl (C=O) groups is 1. The third kappa shape index (κ3) is 4.34. The number of para-hydroxylation sites is 1. The molecule has 0 unspecified atom stereocenters. The van der Waals surface area contributed by atoms with Gasteiger partial charge in [-0.15, -0.1) is 0 Å². The summed E-state index contributed by atoms with van der Waals surface area (Å²) in [6.45, 7) is 3.53. The summed E-state index contributed by atoms with van der Waals surface area (Å²) in [6, 6.07) is 14.3. The van der Waals surface area contributed by atoms with E-state index in [1.165, 1.54) is 0 Å². The molecule has 5 heteroatoms. The molecule has 22 heavy (non-hydrogen) atoms. The first-order chi connectivity index (χ1) is 10.6. The quantitative estimate of drug-likeness (QED) is 0.658. The summed E-state index contributed by atoms with van der Waals surface area (Å²) in [5, 5.41) is 13.7. The Bertz CT molecular complexity index is 696. The lowest BCUT2D eigenvalue weighted by Crippen LogP contribution is -2.25. The van der Waals surface area contributed by atoms with E-state index in [9.17, 15) is 9.90 Å². The van der Waals surface area contributed by atoms with Gasteiger partial charge < -0.3 is 9.84 Å². The summed E-state index contributed by atoms with van der Waals surface area (Å²) >= 11 is 0. The molecule has 114 valence electrons. The molecule has 0 saturated heterocycles. The summed E-state index contributed by atoms with van der Waals surface area (Å²) in [5.74, 6) is 0.391. The van der Waals surface area contributed by atoms with Crippen molar-refractivity contribution in [2.24, 2.45) is 5.10 Å². The molecule has 0 heterocycles. The monoisotopic (exact) mass is 298 g/mol. The number of nitrogens with zero attached hydrogens (tertiary/aromatic N) is 1. The topological polar surface area (TPSA) is 70.9 Å². The van der Waals surface area contributed by atoms with Crippen LogP contribution in [0, 0.1) is 6.92 Å². The van der Waals surface area contributed by atoms with Gasteiger partial charge in [0.25, 0.3) is 5.91 Å². The van der Waals surface area contributed by atoms with Gasteiger partial charge in [-0.25, -0.2) is 5.43 Å². The highest BCUT2D eigenvalue weighted by atomic mass is 16.5. The molecule has 2 N–H and O–H groups in total. The SMILES string of the molecule is C/C(=N\NC(=O)COc1cccc(C)c1)c1ccccc1O. The van der Waals surface area contributed by atoms with Crippen LogP contribution < -0.4 is 10.2 Å². The van der Waals surface area contributed by atoms with Crippen LogP contribution in [0.3, 0.4) is 0 Å². The maximum absolute atomic E-state index is 11.7. The van der Waals surface area contributed by atoms with Crippen molar-refractivity contribution >= 4 is 11.6 Å². The zero-order valence-corrected chi connectivity index (χ0v) is 12.5. The highest BCUT2D eigenvalue weighted by Gasteiger charge is 2.05. The summed E-state index contributed by atoms with van der Waals surface area (Å²) in [7, 11) is 0. The predicted molar refractivity (Wildman–Crippen MR) is 85.1 cm³/mol. The Labute approximate surface area is 129 Å². The van der Waals surface area contributed by atoms with Crippen molar-refractivity contribution in [3.05, 3.63) is 59.7 Å². The van der Waals surface area contributed by atoms with Crippen LogP contribution in [0.4, 0.5) is 0 Å². The molecule has 0 bridgehead atoms. The number of amides is 1. The highest BCUT2D eigenvalue weighted by molar-refractivity contribution is 6.01. The summed E-state index contributed by atoms with van der Waals surface area (Å²) in [4.78, 5) is 11.7. The molecular formula is C17H18N2O3. The molecule has 0 aliphatic rings. The molecule has 0 aliphatic carbocycles. The van der Waals surface area contributed by atoms with Gasteiger partial charge in [-0.3, -0.25) is 4.79 Å². The van der Waals surface area contributed by atoms with E-state index in [1.54, 1.807) is 37.3 Å². The molecule has 1 amide bonds.